The van der Waals surface area contributed by atoms with Crippen LogP contribution in [0.15, 0.2) is 33.8 Å². The van der Waals surface area contributed by atoms with Crippen LogP contribution in [0.1, 0.15) is 27.2 Å². The van der Waals surface area contributed by atoms with Crippen molar-refractivity contribution in [2.24, 2.45) is 0 Å². The Morgan fingerprint density at radius 3 is 2.85 bits per heavy atom. The summed E-state index contributed by atoms with van der Waals surface area (Å²) in [5.41, 5.74) is 0.834. The third-order valence-electron chi connectivity index (χ3n) is 3.63. The molecule has 1 aromatic heterocycles. The van der Waals surface area contributed by atoms with Crippen molar-refractivity contribution in [2.75, 3.05) is 6.54 Å². The molecule has 0 unspecified atom stereocenters. The maximum absolute atomic E-state index is 12.4. The maximum Gasteiger partial charge on any atom is 0.261 e. The van der Waals surface area contributed by atoms with Crippen LogP contribution in [0.4, 0.5) is 0 Å². The van der Waals surface area contributed by atoms with Gasteiger partial charge < -0.3 is 5.32 Å². The van der Waals surface area contributed by atoms with Crippen LogP contribution in [0, 0.1) is 0 Å². The highest BCUT2D eigenvalue weighted by atomic mass is 79.9. The molecule has 4 nitrogen and oxygen atoms in total. The Balaban J connectivity index is 2.19. The lowest BCUT2D eigenvalue weighted by atomic mass is 10.0. The molecule has 0 radical (unpaired) electrons. The molecule has 2 rings (SSSR count). The van der Waals surface area contributed by atoms with Gasteiger partial charge in [0, 0.05) is 23.1 Å². The van der Waals surface area contributed by atoms with Crippen molar-refractivity contribution in [1.82, 2.24) is 14.9 Å². The molecule has 1 N–H and O–H groups in total. The van der Waals surface area contributed by atoms with Crippen molar-refractivity contribution in [3.05, 3.63) is 39.4 Å². The Bertz CT molecular complexity index is 664. The summed E-state index contributed by atoms with van der Waals surface area (Å²) in [7, 11) is 0. The molecule has 0 aliphatic rings. The van der Waals surface area contributed by atoms with E-state index in [2.05, 4.69) is 47.0 Å². The average Bonchev–Trinajstić information content (AvgIpc) is 2.42. The summed E-state index contributed by atoms with van der Waals surface area (Å²) in [6, 6.07) is 5.57. The summed E-state index contributed by atoms with van der Waals surface area (Å²) in [6.07, 6.45) is 2.67. The first kappa shape index (κ1) is 15.2. The van der Waals surface area contributed by atoms with Crippen LogP contribution in [0.25, 0.3) is 10.9 Å². The molecule has 20 heavy (non-hydrogen) atoms. The van der Waals surface area contributed by atoms with Gasteiger partial charge in [0.2, 0.25) is 0 Å². The van der Waals surface area contributed by atoms with Crippen molar-refractivity contribution < 1.29 is 0 Å². The van der Waals surface area contributed by atoms with E-state index in [0.717, 1.165) is 23.0 Å². The van der Waals surface area contributed by atoms with E-state index in [1.54, 1.807) is 10.9 Å². The molecule has 0 bridgehead atoms. The molecular formula is C15H20BrN3O. The molecule has 108 valence electrons. The number of nitrogens with zero attached hydrogens (tertiary/aromatic N) is 2. The monoisotopic (exact) mass is 337 g/mol. The van der Waals surface area contributed by atoms with Crippen molar-refractivity contribution in [2.45, 2.75) is 39.3 Å². The molecule has 1 heterocycles. The third-order valence-corrected chi connectivity index (χ3v) is 4.12. The molecule has 0 saturated carbocycles. The Morgan fingerprint density at radius 2 is 2.15 bits per heavy atom. The van der Waals surface area contributed by atoms with Gasteiger partial charge in [0.05, 0.1) is 17.2 Å². The number of aromatic nitrogens is 2. The van der Waals surface area contributed by atoms with Crippen LogP contribution >= 0.6 is 15.9 Å². The van der Waals surface area contributed by atoms with E-state index in [-0.39, 0.29) is 11.1 Å². The summed E-state index contributed by atoms with van der Waals surface area (Å²) < 4.78 is 2.56. The number of fused-ring (bicyclic) bond motifs is 1. The summed E-state index contributed by atoms with van der Waals surface area (Å²) in [6.45, 7) is 7.84. The number of rotatable bonds is 5. The lowest BCUT2D eigenvalue weighted by Gasteiger charge is -2.24. The van der Waals surface area contributed by atoms with Crippen molar-refractivity contribution >= 4 is 26.8 Å². The fourth-order valence-electron chi connectivity index (χ4n) is 1.93. The van der Waals surface area contributed by atoms with Gasteiger partial charge in [-0.05, 0) is 38.5 Å². The zero-order chi connectivity index (χ0) is 14.8. The molecule has 1 aromatic carbocycles. The van der Waals surface area contributed by atoms with Gasteiger partial charge in [-0.15, -0.1) is 0 Å². The van der Waals surface area contributed by atoms with Crippen molar-refractivity contribution in [3.8, 4) is 0 Å². The highest BCUT2D eigenvalue weighted by Crippen LogP contribution is 2.14. The van der Waals surface area contributed by atoms with Crippen LogP contribution in [0.2, 0.25) is 0 Å². The van der Waals surface area contributed by atoms with Crippen LogP contribution < -0.4 is 10.9 Å². The van der Waals surface area contributed by atoms with Crippen molar-refractivity contribution in [3.63, 3.8) is 0 Å². The lowest BCUT2D eigenvalue weighted by molar-refractivity contribution is 0.366. The standard InChI is InChI=1S/C15H20BrN3O/c1-4-15(2,3)18-7-8-19-10-17-13-6-5-11(16)9-12(13)14(19)20/h5-6,9-10,18H,4,7-8H2,1-3H3. The Morgan fingerprint density at radius 1 is 1.40 bits per heavy atom. The summed E-state index contributed by atoms with van der Waals surface area (Å²) in [5.74, 6) is 0. The van der Waals surface area contributed by atoms with E-state index in [1.165, 1.54) is 0 Å². The number of hydrogen-bond donors (Lipinski definition) is 1. The fraction of sp³-hybridized carbons (Fsp3) is 0.467. The van der Waals surface area contributed by atoms with E-state index in [4.69, 9.17) is 0 Å². The molecule has 0 aliphatic heterocycles. The quantitative estimate of drug-likeness (QED) is 0.912. The highest BCUT2D eigenvalue weighted by Gasteiger charge is 2.13. The second kappa shape index (κ2) is 6.06. The maximum atomic E-state index is 12.4. The molecule has 2 aromatic rings. The fourth-order valence-corrected chi connectivity index (χ4v) is 2.29. The first-order valence-electron chi connectivity index (χ1n) is 6.83. The minimum Gasteiger partial charge on any atom is -0.310 e. The van der Waals surface area contributed by atoms with Gasteiger partial charge in [-0.1, -0.05) is 22.9 Å². The Hall–Kier alpha value is -1.20. The lowest BCUT2D eigenvalue weighted by Crippen LogP contribution is -2.41. The van der Waals surface area contributed by atoms with E-state index < -0.39 is 0 Å². The average molecular weight is 338 g/mol. The summed E-state index contributed by atoms with van der Waals surface area (Å²) in [5, 5.41) is 4.10. The highest BCUT2D eigenvalue weighted by molar-refractivity contribution is 9.10. The van der Waals surface area contributed by atoms with Crippen molar-refractivity contribution in [1.29, 1.82) is 0 Å². The molecule has 0 aliphatic carbocycles. The van der Waals surface area contributed by atoms with Crippen LogP contribution in [-0.2, 0) is 6.54 Å². The van der Waals surface area contributed by atoms with Crippen LogP contribution in [-0.4, -0.2) is 21.6 Å². The minimum atomic E-state index is 0.00686. The van der Waals surface area contributed by atoms with Gasteiger partial charge in [-0.2, -0.15) is 0 Å². The number of nitrogens with one attached hydrogen (secondary N) is 1. The van der Waals surface area contributed by atoms with Crippen LogP contribution in [0.5, 0.6) is 0 Å². The topological polar surface area (TPSA) is 46.9 Å². The number of hydrogen-bond acceptors (Lipinski definition) is 3. The minimum absolute atomic E-state index is 0.00686. The Labute approximate surface area is 127 Å². The second-order valence-electron chi connectivity index (χ2n) is 5.57. The van der Waals surface area contributed by atoms with Gasteiger partial charge in [0.25, 0.3) is 5.56 Å². The number of benzene rings is 1. The van der Waals surface area contributed by atoms with E-state index in [0.29, 0.717) is 11.9 Å². The third kappa shape index (κ3) is 3.46. The predicted octanol–water partition coefficient (Wildman–Crippen LogP) is 2.94. The number of halogens is 1. The normalized spacial score (nSPS) is 12.0. The molecule has 0 atom stereocenters. The molecule has 5 heteroatoms. The van der Waals surface area contributed by atoms with Gasteiger partial charge >= 0.3 is 0 Å². The molecular weight excluding hydrogens is 318 g/mol. The molecule has 0 spiro atoms. The van der Waals surface area contributed by atoms with E-state index in [9.17, 15) is 4.79 Å². The molecule has 0 saturated heterocycles. The largest absolute Gasteiger partial charge is 0.310 e. The van der Waals surface area contributed by atoms with E-state index in [1.807, 2.05) is 18.2 Å². The van der Waals surface area contributed by atoms with Gasteiger partial charge in [0.15, 0.2) is 0 Å². The van der Waals surface area contributed by atoms with Crippen LogP contribution in [0.3, 0.4) is 0 Å². The predicted molar refractivity (Wildman–Crippen MR) is 86.1 cm³/mol. The first-order chi connectivity index (χ1) is 9.43. The SMILES string of the molecule is CCC(C)(C)NCCn1cnc2ccc(Br)cc2c1=O. The van der Waals surface area contributed by atoms with Gasteiger partial charge in [-0.3, -0.25) is 9.36 Å². The van der Waals surface area contributed by atoms with Gasteiger partial charge in [-0.25, -0.2) is 4.98 Å². The molecule has 0 fully saturated rings. The summed E-state index contributed by atoms with van der Waals surface area (Å²) >= 11 is 3.39. The summed E-state index contributed by atoms with van der Waals surface area (Å²) in [4.78, 5) is 16.7. The van der Waals surface area contributed by atoms with E-state index >= 15 is 0 Å². The van der Waals surface area contributed by atoms with Gasteiger partial charge in [0.1, 0.15) is 0 Å². The first-order valence-corrected chi connectivity index (χ1v) is 7.62. The second-order valence-corrected chi connectivity index (χ2v) is 6.48. The zero-order valence-electron chi connectivity index (χ0n) is 12.1. The Kier molecular flexibility index (Phi) is 4.60. The zero-order valence-corrected chi connectivity index (χ0v) is 13.7. The molecule has 0 amide bonds. The smallest absolute Gasteiger partial charge is 0.261 e.